The molecule has 1 aliphatic heterocycles. The Morgan fingerprint density at radius 3 is 2.75 bits per heavy atom. The van der Waals surface area contributed by atoms with Gasteiger partial charge < -0.3 is 15.3 Å². The van der Waals surface area contributed by atoms with Crippen molar-refractivity contribution in [2.24, 2.45) is 5.16 Å². The van der Waals surface area contributed by atoms with Gasteiger partial charge in [-0.25, -0.2) is 4.79 Å². The van der Waals surface area contributed by atoms with Crippen molar-refractivity contribution >= 4 is 17.6 Å². The van der Waals surface area contributed by atoms with E-state index in [0.717, 1.165) is 5.56 Å². The van der Waals surface area contributed by atoms with Crippen molar-refractivity contribution in [3.8, 4) is 0 Å². The molecule has 0 aliphatic carbocycles. The minimum absolute atomic E-state index is 0.000878. The molecule has 0 fully saturated rings. The van der Waals surface area contributed by atoms with Gasteiger partial charge in [0.1, 0.15) is 0 Å². The van der Waals surface area contributed by atoms with Crippen LogP contribution in [0.5, 0.6) is 0 Å². The molecule has 106 valence electrons. The number of nitrogens with zero attached hydrogens (tertiary/aromatic N) is 1. The summed E-state index contributed by atoms with van der Waals surface area (Å²) in [5, 5.41) is 14.9. The Hall–Kier alpha value is -2.37. The first-order valence-electron chi connectivity index (χ1n) is 6.36. The van der Waals surface area contributed by atoms with E-state index in [1.54, 1.807) is 0 Å². The minimum Gasteiger partial charge on any atom is -0.477 e. The van der Waals surface area contributed by atoms with Crippen LogP contribution in [0.3, 0.4) is 0 Å². The third kappa shape index (κ3) is 3.34. The maximum absolute atomic E-state index is 11.8. The van der Waals surface area contributed by atoms with Crippen molar-refractivity contribution in [1.82, 2.24) is 5.32 Å². The number of benzene rings is 1. The first-order valence-corrected chi connectivity index (χ1v) is 6.36. The first-order chi connectivity index (χ1) is 9.58. The van der Waals surface area contributed by atoms with Crippen molar-refractivity contribution in [1.29, 1.82) is 0 Å². The number of amides is 1. The molecule has 0 aromatic heterocycles. The van der Waals surface area contributed by atoms with Gasteiger partial charge in [0.05, 0.1) is 0 Å². The van der Waals surface area contributed by atoms with Gasteiger partial charge in [-0.2, -0.15) is 0 Å². The minimum atomic E-state index is -1.15. The van der Waals surface area contributed by atoms with E-state index >= 15 is 0 Å². The molecule has 0 saturated heterocycles. The number of hydrogen-bond donors (Lipinski definition) is 2. The van der Waals surface area contributed by atoms with Crippen LogP contribution in [0, 0.1) is 0 Å². The Morgan fingerprint density at radius 1 is 1.45 bits per heavy atom. The molecule has 2 unspecified atom stereocenters. The molecule has 6 nitrogen and oxygen atoms in total. The van der Waals surface area contributed by atoms with E-state index in [2.05, 4.69) is 10.5 Å². The summed E-state index contributed by atoms with van der Waals surface area (Å²) >= 11 is 0. The summed E-state index contributed by atoms with van der Waals surface area (Å²) in [6, 6.07) is 9.82. The molecule has 0 spiro atoms. The van der Waals surface area contributed by atoms with Crippen LogP contribution in [0.1, 0.15) is 24.8 Å². The molecule has 20 heavy (non-hydrogen) atoms. The molecule has 0 bridgehead atoms. The average molecular weight is 276 g/mol. The summed E-state index contributed by atoms with van der Waals surface area (Å²) in [7, 11) is 0. The van der Waals surface area contributed by atoms with Crippen LogP contribution in [-0.4, -0.2) is 35.3 Å². The lowest BCUT2D eigenvalue weighted by molar-refractivity contribution is -0.131. The normalized spacial score (nSPS) is 18.9. The van der Waals surface area contributed by atoms with E-state index in [-0.39, 0.29) is 24.0 Å². The zero-order valence-corrected chi connectivity index (χ0v) is 11.1. The van der Waals surface area contributed by atoms with E-state index in [0.29, 0.717) is 6.54 Å². The van der Waals surface area contributed by atoms with Crippen LogP contribution in [-0.2, 0) is 14.4 Å². The van der Waals surface area contributed by atoms with Crippen molar-refractivity contribution in [2.45, 2.75) is 25.4 Å². The molecule has 2 atom stereocenters. The summed E-state index contributed by atoms with van der Waals surface area (Å²) in [6.45, 7) is 2.47. The number of carbonyl (C=O) groups excluding carboxylic acids is 1. The van der Waals surface area contributed by atoms with Gasteiger partial charge in [-0.05, 0) is 11.5 Å². The quantitative estimate of drug-likeness (QED) is 0.844. The molecule has 1 aromatic carbocycles. The van der Waals surface area contributed by atoms with Crippen LogP contribution in [0.2, 0.25) is 0 Å². The van der Waals surface area contributed by atoms with Crippen LogP contribution in [0.25, 0.3) is 0 Å². The maximum atomic E-state index is 11.8. The Labute approximate surface area is 116 Å². The second-order valence-electron chi connectivity index (χ2n) is 4.70. The molecule has 0 radical (unpaired) electrons. The number of rotatable bonds is 5. The second-order valence-corrected chi connectivity index (χ2v) is 4.70. The van der Waals surface area contributed by atoms with Crippen molar-refractivity contribution in [3.63, 3.8) is 0 Å². The number of hydrogen-bond acceptors (Lipinski definition) is 4. The summed E-state index contributed by atoms with van der Waals surface area (Å²) in [5.74, 6) is -1.33. The highest BCUT2D eigenvalue weighted by Crippen LogP contribution is 2.14. The lowest BCUT2D eigenvalue weighted by Crippen LogP contribution is -2.37. The van der Waals surface area contributed by atoms with Crippen LogP contribution in [0.4, 0.5) is 0 Å². The van der Waals surface area contributed by atoms with Gasteiger partial charge in [0.2, 0.25) is 6.10 Å². The van der Waals surface area contributed by atoms with E-state index in [1.807, 2.05) is 37.3 Å². The molecule has 0 saturated carbocycles. The van der Waals surface area contributed by atoms with Crippen LogP contribution < -0.4 is 5.32 Å². The van der Waals surface area contributed by atoms with Gasteiger partial charge in [0.25, 0.3) is 5.91 Å². The van der Waals surface area contributed by atoms with E-state index in [9.17, 15) is 9.59 Å². The predicted molar refractivity (Wildman–Crippen MR) is 72.4 cm³/mol. The molecular formula is C14H16N2O4. The maximum Gasteiger partial charge on any atom is 0.353 e. The third-order valence-electron chi connectivity index (χ3n) is 3.16. The zero-order chi connectivity index (χ0) is 14.5. The Morgan fingerprint density at radius 2 is 2.15 bits per heavy atom. The summed E-state index contributed by atoms with van der Waals surface area (Å²) < 4.78 is 0. The first kappa shape index (κ1) is 14.0. The van der Waals surface area contributed by atoms with E-state index < -0.39 is 12.1 Å². The highest BCUT2D eigenvalue weighted by molar-refractivity contribution is 6.36. The lowest BCUT2D eigenvalue weighted by atomic mass is 10.0. The second kappa shape index (κ2) is 6.18. The summed E-state index contributed by atoms with van der Waals surface area (Å²) in [6.07, 6.45) is -0.843. The Balaban J connectivity index is 1.81. The zero-order valence-electron chi connectivity index (χ0n) is 11.1. The Bertz CT molecular complexity index is 527. The number of oxime groups is 1. The number of nitrogens with one attached hydrogen (secondary N) is 1. The van der Waals surface area contributed by atoms with E-state index in [1.165, 1.54) is 0 Å². The van der Waals surface area contributed by atoms with E-state index in [4.69, 9.17) is 9.94 Å². The molecule has 2 N–H and O–H groups in total. The lowest BCUT2D eigenvalue weighted by Gasteiger charge is -2.14. The number of carboxylic acids is 1. The molecule has 2 rings (SSSR count). The molecule has 1 amide bonds. The van der Waals surface area contributed by atoms with Crippen molar-refractivity contribution in [2.75, 3.05) is 6.54 Å². The van der Waals surface area contributed by atoms with Gasteiger partial charge in [-0.3, -0.25) is 4.79 Å². The van der Waals surface area contributed by atoms with Crippen LogP contribution in [0.15, 0.2) is 35.5 Å². The molecule has 1 heterocycles. The largest absolute Gasteiger partial charge is 0.477 e. The highest BCUT2D eigenvalue weighted by atomic mass is 16.6. The SMILES string of the molecule is CC(CNC(=O)C1CC(C(=O)O)=NO1)c1ccccc1. The third-order valence-corrected chi connectivity index (χ3v) is 3.16. The molecular weight excluding hydrogens is 260 g/mol. The monoisotopic (exact) mass is 276 g/mol. The van der Waals surface area contributed by atoms with Gasteiger partial charge in [-0.15, -0.1) is 0 Å². The van der Waals surface area contributed by atoms with Gasteiger partial charge in [0, 0.05) is 13.0 Å². The molecule has 1 aliphatic rings. The topological polar surface area (TPSA) is 88.0 Å². The number of carbonyl (C=O) groups is 2. The Kier molecular flexibility index (Phi) is 4.34. The molecule has 6 heteroatoms. The average Bonchev–Trinajstić information content (AvgIpc) is 2.95. The summed E-state index contributed by atoms with van der Waals surface area (Å²) in [4.78, 5) is 27.3. The standard InChI is InChI=1S/C14H16N2O4/c1-9(10-5-3-2-4-6-10)8-15-13(17)12-7-11(14(18)19)16-20-12/h2-6,9,12H,7-8H2,1H3,(H,15,17)(H,18,19). The van der Waals surface area contributed by atoms with Crippen molar-refractivity contribution < 1.29 is 19.5 Å². The van der Waals surface area contributed by atoms with Crippen molar-refractivity contribution in [3.05, 3.63) is 35.9 Å². The van der Waals surface area contributed by atoms with Gasteiger partial charge in [0.15, 0.2) is 5.71 Å². The summed E-state index contributed by atoms with van der Waals surface area (Å²) in [5.41, 5.74) is 1.00. The predicted octanol–water partition coefficient (Wildman–Crippen LogP) is 1.14. The number of aliphatic carboxylic acids is 1. The van der Waals surface area contributed by atoms with Gasteiger partial charge in [-0.1, -0.05) is 42.4 Å². The van der Waals surface area contributed by atoms with Gasteiger partial charge >= 0.3 is 5.97 Å². The van der Waals surface area contributed by atoms with Crippen LogP contribution >= 0.6 is 0 Å². The molecule has 1 aromatic rings. The fourth-order valence-electron chi connectivity index (χ4n) is 1.91. The smallest absolute Gasteiger partial charge is 0.353 e. The number of carboxylic acid groups (broad SMARTS) is 1. The fraction of sp³-hybridized carbons (Fsp3) is 0.357. The highest BCUT2D eigenvalue weighted by Gasteiger charge is 2.31. The fourth-order valence-corrected chi connectivity index (χ4v) is 1.91.